The molecule has 6 heteroatoms. The average molecular weight is 411 g/mol. The number of hydrogen-bond acceptors (Lipinski definition) is 6. The van der Waals surface area contributed by atoms with Crippen LogP contribution in [0.3, 0.4) is 0 Å². The van der Waals surface area contributed by atoms with Crippen LogP contribution in [0.15, 0.2) is 0 Å². The lowest BCUT2D eigenvalue weighted by atomic mass is 9.89. The van der Waals surface area contributed by atoms with E-state index in [0.29, 0.717) is 19.6 Å². The summed E-state index contributed by atoms with van der Waals surface area (Å²) in [5, 5.41) is 9.33. The van der Waals surface area contributed by atoms with Crippen LogP contribution in [-0.4, -0.2) is 42.6 Å². The van der Waals surface area contributed by atoms with Crippen LogP contribution >= 0.6 is 0 Å². The first-order valence-electron chi connectivity index (χ1n) is 11.2. The summed E-state index contributed by atoms with van der Waals surface area (Å²) < 4.78 is 10.4. The lowest BCUT2D eigenvalue weighted by molar-refractivity contribution is -0.147. The smallest absolute Gasteiger partial charge is 0.305 e. The van der Waals surface area contributed by atoms with Gasteiger partial charge in [-0.2, -0.15) is 5.26 Å². The van der Waals surface area contributed by atoms with Crippen molar-refractivity contribution in [2.45, 2.75) is 105 Å². The van der Waals surface area contributed by atoms with E-state index in [-0.39, 0.29) is 23.5 Å². The molecule has 168 valence electrons. The highest BCUT2D eigenvalue weighted by Gasteiger charge is 2.16. The number of ether oxygens (including phenoxy) is 2. The van der Waals surface area contributed by atoms with E-state index in [1.807, 2.05) is 6.92 Å². The molecule has 0 bridgehead atoms. The molecule has 0 spiro atoms. The molecule has 0 aromatic rings. The summed E-state index contributed by atoms with van der Waals surface area (Å²) in [5.41, 5.74) is 0.286. The number of nitriles is 1. The van der Waals surface area contributed by atoms with Crippen LogP contribution in [0.4, 0.5) is 0 Å². The van der Waals surface area contributed by atoms with Crippen molar-refractivity contribution in [2.24, 2.45) is 5.41 Å². The molecule has 0 saturated carbocycles. The Kier molecular flexibility index (Phi) is 15.1. The van der Waals surface area contributed by atoms with E-state index >= 15 is 0 Å². The molecule has 0 amide bonds. The predicted molar refractivity (Wildman–Crippen MR) is 115 cm³/mol. The molecule has 0 radical (unpaired) electrons. The quantitative estimate of drug-likeness (QED) is 0.150. The van der Waals surface area contributed by atoms with E-state index in [1.165, 1.54) is 6.92 Å². The van der Waals surface area contributed by atoms with Crippen LogP contribution in [-0.2, 0) is 19.1 Å². The van der Waals surface area contributed by atoms with Crippen molar-refractivity contribution < 1.29 is 19.1 Å². The van der Waals surface area contributed by atoms with Gasteiger partial charge in [-0.25, -0.2) is 0 Å². The number of esters is 2. The fraction of sp³-hybridized carbons (Fsp3) is 0.870. The summed E-state index contributed by atoms with van der Waals surface area (Å²) in [4.78, 5) is 24.4. The maximum atomic E-state index is 11.4. The summed E-state index contributed by atoms with van der Waals surface area (Å²) >= 11 is 0. The van der Waals surface area contributed by atoms with Gasteiger partial charge in [0.25, 0.3) is 0 Å². The minimum atomic E-state index is -0.231. The lowest BCUT2D eigenvalue weighted by Gasteiger charge is -2.22. The van der Waals surface area contributed by atoms with Crippen molar-refractivity contribution in [1.82, 2.24) is 4.90 Å². The van der Waals surface area contributed by atoms with E-state index in [2.05, 4.69) is 27.0 Å². The van der Waals surface area contributed by atoms with E-state index in [4.69, 9.17) is 9.47 Å². The average Bonchev–Trinajstić information content (AvgIpc) is 2.61. The fourth-order valence-electron chi connectivity index (χ4n) is 3.24. The molecule has 1 unspecified atom stereocenters. The van der Waals surface area contributed by atoms with Gasteiger partial charge < -0.3 is 14.4 Å². The molecule has 29 heavy (non-hydrogen) atoms. The number of carbonyl (C=O) groups excluding carboxylic acids is 2. The summed E-state index contributed by atoms with van der Waals surface area (Å²) in [6.45, 7) is 11.8. The number of carbonyl (C=O) groups is 2. The van der Waals surface area contributed by atoms with E-state index < -0.39 is 0 Å². The molecule has 6 nitrogen and oxygen atoms in total. The Morgan fingerprint density at radius 3 is 2.21 bits per heavy atom. The summed E-state index contributed by atoms with van der Waals surface area (Å²) in [7, 11) is 0. The van der Waals surface area contributed by atoms with Gasteiger partial charge in [0.05, 0.1) is 6.61 Å². The molecule has 0 aliphatic carbocycles. The van der Waals surface area contributed by atoms with Crippen molar-refractivity contribution in [3.8, 4) is 6.19 Å². The molecular formula is C23H42N2O4. The van der Waals surface area contributed by atoms with Crippen molar-refractivity contribution in [1.29, 1.82) is 5.26 Å². The first-order chi connectivity index (χ1) is 13.7. The lowest BCUT2D eigenvalue weighted by Crippen LogP contribution is -2.23. The monoisotopic (exact) mass is 410 g/mol. The summed E-state index contributed by atoms with van der Waals surface area (Å²) in [5.74, 6) is -0.360. The second kappa shape index (κ2) is 16.1. The number of rotatable bonds is 16. The second-order valence-corrected chi connectivity index (χ2v) is 8.88. The van der Waals surface area contributed by atoms with Crippen LogP contribution < -0.4 is 0 Å². The Morgan fingerprint density at radius 1 is 1.00 bits per heavy atom. The Balaban J connectivity index is 4.02. The van der Waals surface area contributed by atoms with E-state index in [9.17, 15) is 14.9 Å². The highest BCUT2D eigenvalue weighted by atomic mass is 16.5. The molecule has 0 rings (SSSR count). The van der Waals surface area contributed by atoms with E-state index in [1.54, 1.807) is 4.90 Å². The topological polar surface area (TPSA) is 79.6 Å². The maximum absolute atomic E-state index is 11.4. The van der Waals surface area contributed by atoms with Crippen molar-refractivity contribution in [2.75, 3.05) is 19.7 Å². The van der Waals surface area contributed by atoms with Gasteiger partial charge in [0.15, 0.2) is 6.19 Å². The minimum absolute atomic E-state index is 0.0572. The fourth-order valence-corrected chi connectivity index (χ4v) is 3.24. The van der Waals surface area contributed by atoms with Gasteiger partial charge >= 0.3 is 11.9 Å². The summed E-state index contributed by atoms with van der Waals surface area (Å²) in [6, 6.07) is 0. The molecule has 0 fully saturated rings. The molecule has 0 aromatic heterocycles. The number of nitrogens with zero attached hydrogens (tertiary/aromatic N) is 2. The van der Waals surface area contributed by atoms with Crippen LogP contribution in [0, 0.1) is 16.9 Å². The molecule has 0 aliphatic heterocycles. The van der Waals surface area contributed by atoms with Gasteiger partial charge in [-0.1, -0.05) is 33.6 Å². The molecule has 0 N–H and O–H groups in total. The molecule has 0 aliphatic rings. The van der Waals surface area contributed by atoms with Crippen molar-refractivity contribution >= 4 is 11.9 Å². The third-order valence-corrected chi connectivity index (χ3v) is 4.75. The SMILES string of the molecule is CCOC(=O)CCCCCCN(C#N)CCCC(CCCC(C)(C)C)OC(C)=O. The maximum Gasteiger partial charge on any atom is 0.305 e. The normalized spacial score (nSPS) is 12.1. The van der Waals surface area contributed by atoms with Gasteiger partial charge in [-0.15, -0.1) is 0 Å². The Hall–Kier alpha value is -1.77. The molecular weight excluding hydrogens is 368 g/mol. The van der Waals surface area contributed by atoms with Gasteiger partial charge in [0.1, 0.15) is 6.10 Å². The largest absolute Gasteiger partial charge is 0.466 e. The minimum Gasteiger partial charge on any atom is -0.466 e. The predicted octanol–water partition coefficient (Wildman–Crippen LogP) is 5.21. The molecule has 1 atom stereocenters. The van der Waals surface area contributed by atoms with Crippen LogP contribution in [0.1, 0.15) is 98.8 Å². The highest BCUT2D eigenvalue weighted by Crippen LogP contribution is 2.23. The van der Waals surface area contributed by atoms with Crippen LogP contribution in [0.2, 0.25) is 0 Å². The van der Waals surface area contributed by atoms with Crippen LogP contribution in [0.5, 0.6) is 0 Å². The van der Waals surface area contributed by atoms with Crippen LogP contribution in [0.25, 0.3) is 0 Å². The second-order valence-electron chi connectivity index (χ2n) is 8.88. The zero-order valence-corrected chi connectivity index (χ0v) is 19.3. The molecule has 0 heterocycles. The Morgan fingerprint density at radius 2 is 1.62 bits per heavy atom. The first kappa shape index (κ1) is 27.2. The third kappa shape index (κ3) is 18.0. The Labute approximate surface area is 177 Å². The van der Waals surface area contributed by atoms with Gasteiger partial charge in [0, 0.05) is 26.4 Å². The van der Waals surface area contributed by atoms with Crippen molar-refractivity contribution in [3.05, 3.63) is 0 Å². The standard InChI is InChI=1S/C23H42N2O4/c1-6-28-22(27)15-9-7-8-10-17-25(19-24)18-12-14-21(29-20(2)26)13-11-16-23(3,4)5/h21H,6-18H2,1-5H3. The van der Waals surface area contributed by atoms with E-state index in [0.717, 1.165) is 64.3 Å². The molecule has 0 saturated heterocycles. The molecule has 0 aromatic carbocycles. The first-order valence-corrected chi connectivity index (χ1v) is 11.2. The third-order valence-electron chi connectivity index (χ3n) is 4.75. The highest BCUT2D eigenvalue weighted by molar-refractivity contribution is 5.69. The van der Waals surface area contributed by atoms with Gasteiger partial charge in [0.2, 0.25) is 0 Å². The van der Waals surface area contributed by atoms with Crippen molar-refractivity contribution in [3.63, 3.8) is 0 Å². The summed E-state index contributed by atoms with van der Waals surface area (Å²) in [6.07, 6.45) is 11.1. The van der Waals surface area contributed by atoms with Gasteiger partial charge in [-0.3, -0.25) is 9.59 Å². The zero-order chi connectivity index (χ0) is 22.1. The Bertz CT molecular complexity index is 494. The number of unbranched alkanes of at least 4 members (excludes halogenated alkanes) is 3. The number of hydrogen-bond donors (Lipinski definition) is 0. The zero-order valence-electron chi connectivity index (χ0n) is 19.3. The van der Waals surface area contributed by atoms with Gasteiger partial charge in [-0.05, 0) is 57.3 Å².